The highest BCUT2D eigenvalue weighted by Gasteiger charge is 2.34. The highest BCUT2D eigenvalue weighted by Crippen LogP contribution is 2.32. The molecule has 0 heterocycles. The van der Waals surface area contributed by atoms with E-state index < -0.39 is 0 Å². The Kier molecular flexibility index (Phi) is 4.57. The first-order valence-electron chi connectivity index (χ1n) is 6.82. The van der Waals surface area contributed by atoms with Crippen LogP contribution in [0.25, 0.3) is 0 Å². The Hall–Kier alpha value is -0.860. The van der Waals surface area contributed by atoms with E-state index in [4.69, 9.17) is 5.73 Å². The molecule has 94 valence electrons. The molecule has 1 aromatic carbocycles. The molecule has 1 aliphatic rings. The van der Waals surface area contributed by atoms with E-state index in [9.17, 15) is 0 Å². The summed E-state index contributed by atoms with van der Waals surface area (Å²) in [4.78, 5) is 0. The molecule has 0 saturated heterocycles. The zero-order chi connectivity index (χ0) is 12.1. The van der Waals surface area contributed by atoms with Crippen molar-refractivity contribution in [2.75, 3.05) is 6.54 Å². The monoisotopic (exact) mass is 232 g/mol. The van der Waals surface area contributed by atoms with E-state index >= 15 is 0 Å². The van der Waals surface area contributed by atoms with Gasteiger partial charge in [-0.05, 0) is 30.7 Å². The van der Waals surface area contributed by atoms with Crippen LogP contribution in [0.1, 0.15) is 31.7 Å². The molecule has 3 unspecified atom stereocenters. The molecule has 17 heavy (non-hydrogen) atoms. The molecule has 1 aromatic rings. The van der Waals surface area contributed by atoms with Crippen molar-refractivity contribution < 1.29 is 0 Å². The van der Waals surface area contributed by atoms with E-state index in [1.165, 1.54) is 18.4 Å². The van der Waals surface area contributed by atoms with Crippen LogP contribution in [0.3, 0.4) is 0 Å². The summed E-state index contributed by atoms with van der Waals surface area (Å²) in [6, 6.07) is 11.6. The molecule has 1 fully saturated rings. The standard InChI is InChI=1S/C15H24N2/c1-2-13-10-15(13)17-11-14(16)9-8-12-6-4-3-5-7-12/h3-7,13-15,17H,2,8-11,16H2,1H3. The lowest BCUT2D eigenvalue weighted by Crippen LogP contribution is -2.35. The van der Waals surface area contributed by atoms with Gasteiger partial charge in [0.2, 0.25) is 0 Å². The average molecular weight is 232 g/mol. The molecular formula is C15H24N2. The van der Waals surface area contributed by atoms with Crippen molar-refractivity contribution in [1.29, 1.82) is 0 Å². The van der Waals surface area contributed by atoms with E-state index in [1.54, 1.807) is 0 Å². The SMILES string of the molecule is CCC1CC1NCC(N)CCc1ccccc1. The van der Waals surface area contributed by atoms with Crippen LogP contribution in [0.5, 0.6) is 0 Å². The molecule has 0 radical (unpaired) electrons. The quantitative estimate of drug-likeness (QED) is 0.757. The second-order valence-electron chi connectivity index (χ2n) is 5.20. The summed E-state index contributed by atoms with van der Waals surface area (Å²) in [5.41, 5.74) is 7.51. The summed E-state index contributed by atoms with van der Waals surface area (Å²) in [5, 5.41) is 3.57. The summed E-state index contributed by atoms with van der Waals surface area (Å²) in [6.45, 7) is 3.23. The van der Waals surface area contributed by atoms with Gasteiger partial charge >= 0.3 is 0 Å². The number of nitrogens with two attached hydrogens (primary N) is 1. The van der Waals surface area contributed by atoms with Crippen molar-refractivity contribution in [3.05, 3.63) is 35.9 Å². The molecule has 3 atom stereocenters. The lowest BCUT2D eigenvalue weighted by Gasteiger charge is -2.12. The Morgan fingerprint density at radius 2 is 2.12 bits per heavy atom. The van der Waals surface area contributed by atoms with Crippen molar-refractivity contribution in [2.45, 2.75) is 44.7 Å². The van der Waals surface area contributed by atoms with Gasteiger partial charge in [0.05, 0.1) is 0 Å². The molecule has 2 nitrogen and oxygen atoms in total. The normalized spacial score (nSPS) is 24.6. The van der Waals surface area contributed by atoms with Crippen LogP contribution in [0.4, 0.5) is 0 Å². The molecule has 0 aliphatic heterocycles. The Morgan fingerprint density at radius 3 is 2.76 bits per heavy atom. The summed E-state index contributed by atoms with van der Waals surface area (Å²) in [7, 11) is 0. The van der Waals surface area contributed by atoms with Gasteiger partial charge in [-0.2, -0.15) is 0 Å². The third-order valence-corrected chi connectivity index (χ3v) is 3.74. The number of rotatable bonds is 7. The number of hydrogen-bond donors (Lipinski definition) is 2. The van der Waals surface area contributed by atoms with E-state index in [2.05, 4.69) is 42.6 Å². The fourth-order valence-corrected chi connectivity index (χ4v) is 2.35. The van der Waals surface area contributed by atoms with Crippen LogP contribution < -0.4 is 11.1 Å². The molecule has 0 spiro atoms. The second kappa shape index (κ2) is 6.18. The maximum atomic E-state index is 6.12. The molecule has 2 heteroatoms. The summed E-state index contributed by atoms with van der Waals surface area (Å²) in [5.74, 6) is 0.913. The van der Waals surface area contributed by atoms with Crippen LogP contribution >= 0.6 is 0 Å². The number of benzene rings is 1. The van der Waals surface area contributed by atoms with Gasteiger partial charge < -0.3 is 11.1 Å². The first kappa shape index (κ1) is 12.6. The number of hydrogen-bond acceptors (Lipinski definition) is 2. The van der Waals surface area contributed by atoms with Crippen molar-refractivity contribution in [3.63, 3.8) is 0 Å². The summed E-state index contributed by atoms with van der Waals surface area (Å²) < 4.78 is 0. The third-order valence-electron chi connectivity index (χ3n) is 3.74. The molecule has 0 bridgehead atoms. The predicted octanol–water partition coefficient (Wildman–Crippen LogP) is 2.33. The zero-order valence-corrected chi connectivity index (χ0v) is 10.7. The van der Waals surface area contributed by atoms with Crippen LogP contribution in [0, 0.1) is 5.92 Å². The topological polar surface area (TPSA) is 38.0 Å². The van der Waals surface area contributed by atoms with E-state index in [1.807, 2.05) is 0 Å². The smallest absolute Gasteiger partial charge is 0.0168 e. The number of nitrogens with one attached hydrogen (secondary N) is 1. The maximum Gasteiger partial charge on any atom is 0.0168 e. The Bertz CT molecular complexity index is 323. The lowest BCUT2D eigenvalue weighted by atomic mass is 10.1. The largest absolute Gasteiger partial charge is 0.327 e. The van der Waals surface area contributed by atoms with Crippen molar-refractivity contribution in [1.82, 2.24) is 5.32 Å². The van der Waals surface area contributed by atoms with Crippen LogP contribution in [-0.2, 0) is 6.42 Å². The Labute approximate surface area is 105 Å². The van der Waals surface area contributed by atoms with Gasteiger partial charge in [-0.25, -0.2) is 0 Å². The predicted molar refractivity (Wildman–Crippen MR) is 72.9 cm³/mol. The lowest BCUT2D eigenvalue weighted by molar-refractivity contribution is 0.526. The first-order valence-corrected chi connectivity index (χ1v) is 6.82. The first-order chi connectivity index (χ1) is 8.29. The molecule has 1 saturated carbocycles. The average Bonchev–Trinajstić information content (AvgIpc) is 3.14. The van der Waals surface area contributed by atoms with Gasteiger partial charge in [0.25, 0.3) is 0 Å². The minimum absolute atomic E-state index is 0.285. The van der Waals surface area contributed by atoms with Crippen molar-refractivity contribution in [2.24, 2.45) is 11.7 Å². The van der Waals surface area contributed by atoms with E-state index in [0.717, 1.165) is 31.3 Å². The van der Waals surface area contributed by atoms with Gasteiger partial charge in [0.15, 0.2) is 0 Å². The summed E-state index contributed by atoms with van der Waals surface area (Å²) in [6.07, 6.45) is 4.81. The van der Waals surface area contributed by atoms with Crippen molar-refractivity contribution in [3.8, 4) is 0 Å². The fraction of sp³-hybridized carbons (Fsp3) is 0.600. The summed E-state index contributed by atoms with van der Waals surface area (Å²) >= 11 is 0. The van der Waals surface area contributed by atoms with Crippen LogP contribution in [0.2, 0.25) is 0 Å². The molecule has 0 amide bonds. The fourth-order valence-electron chi connectivity index (χ4n) is 2.35. The van der Waals surface area contributed by atoms with Gasteiger partial charge in [-0.15, -0.1) is 0 Å². The van der Waals surface area contributed by atoms with Gasteiger partial charge in [0.1, 0.15) is 0 Å². The Morgan fingerprint density at radius 1 is 1.35 bits per heavy atom. The van der Waals surface area contributed by atoms with E-state index in [0.29, 0.717) is 0 Å². The van der Waals surface area contributed by atoms with Crippen molar-refractivity contribution >= 4 is 0 Å². The molecule has 3 N–H and O–H groups in total. The van der Waals surface area contributed by atoms with Gasteiger partial charge in [-0.3, -0.25) is 0 Å². The molecule has 1 aliphatic carbocycles. The van der Waals surface area contributed by atoms with Gasteiger partial charge in [-0.1, -0.05) is 43.7 Å². The van der Waals surface area contributed by atoms with Crippen LogP contribution in [-0.4, -0.2) is 18.6 Å². The highest BCUT2D eigenvalue weighted by atomic mass is 15.0. The minimum atomic E-state index is 0.285. The van der Waals surface area contributed by atoms with E-state index in [-0.39, 0.29) is 6.04 Å². The van der Waals surface area contributed by atoms with Crippen LogP contribution in [0.15, 0.2) is 30.3 Å². The Balaban J connectivity index is 1.60. The van der Waals surface area contributed by atoms with Gasteiger partial charge in [0, 0.05) is 18.6 Å². The second-order valence-corrected chi connectivity index (χ2v) is 5.20. The minimum Gasteiger partial charge on any atom is -0.327 e. The highest BCUT2D eigenvalue weighted by molar-refractivity contribution is 5.14. The zero-order valence-electron chi connectivity index (χ0n) is 10.7. The number of aryl methyl sites for hydroxylation is 1. The maximum absolute atomic E-state index is 6.12. The molecular weight excluding hydrogens is 208 g/mol. The molecule has 2 rings (SSSR count). The molecule has 0 aromatic heterocycles. The third kappa shape index (κ3) is 4.14.